The molecule has 0 spiro atoms. The molecule has 10 rings (SSSR count). The van der Waals surface area contributed by atoms with Crippen molar-refractivity contribution < 1.29 is 9.47 Å². The first-order chi connectivity index (χ1) is 20.8. The van der Waals surface area contributed by atoms with E-state index in [1.54, 1.807) is 0 Å². The van der Waals surface area contributed by atoms with Crippen LogP contribution in [0.25, 0.3) is 11.1 Å². The minimum atomic E-state index is 0.0578. The normalized spacial score (nSPS) is 14.3. The molecule has 0 bridgehead atoms. The average molecular weight is 570 g/mol. The van der Waals surface area contributed by atoms with Gasteiger partial charge in [0.25, 0.3) is 6.71 Å². The van der Waals surface area contributed by atoms with E-state index in [2.05, 4.69) is 115 Å². The van der Waals surface area contributed by atoms with Gasteiger partial charge in [0.15, 0.2) is 0 Å². The Hall–Kier alpha value is -4.25. The van der Waals surface area contributed by atoms with Gasteiger partial charge in [-0.1, -0.05) is 113 Å². The van der Waals surface area contributed by atoms with E-state index >= 15 is 0 Å². The molecule has 194 valence electrons. The summed E-state index contributed by atoms with van der Waals surface area (Å²) in [5.74, 6) is 3.61. The third-order valence-corrected chi connectivity index (χ3v) is 11.4. The van der Waals surface area contributed by atoms with Gasteiger partial charge in [-0.2, -0.15) is 0 Å². The Balaban J connectivity index is 1.24. The van der Waals surface area contributed by atoms with Gasteiger partial charge in [0.2, 0.25) is 6.71 Å². The summed E-state index contributed by atoms with van der Waals surface area (Å²) in [4.78, 5) is 5.33. The minimum Gasteiger partial charge on any atom is -0.458 e. The Morgan fingerprint density at radius 1 is 0.405 bits per heavy atom. The first-order valence-corrected chi connectivity index (χ1v) is 15.9. The first-order valence-electron chi connectivity index (χ1n) is 14.2. The van der Waals surface area contributed by atoms with Crippen LogP contribution < -0.4 is 42.3 Å². The molecule has 4 aliphatic rings. The van der Waals surface area contributed by atoms with Crippen molar-refractivity contribution in [2.24, 2.45) is 0 Å². The molecule has 0 saturated heterocycles. The molecule has 0 unspecified atom stereocenters. The van der Waals surface area contributed by atoms with E-state index < -0.39 is 0 Å². The predicted molar refractivity (Wildman–Crippen MR) is 175 cm³/mol. The fourth-order valence-electron chi connectivity index (χ4n) is 7.19. The van der Waals surface area contributed by atoms with Crippen molar-refractivity contribution in [3.8, 4) is 34.1 Å². The number of ether oxygens (including phenoxy) is 2. The molecular weight excluding hydrogens is 550 g/mol. The molecule has 4 heterocycles. The molecule has 0 atom stereocenters. The van der Waals surface area contributed by atoms with Crippen LogP contribution >= 0.6 is 23.5 Å². The maximum Gasteiger partial charge on any atom is 0.260 e. The van der Waals surface area contributed by atoms with Crippen molar-refractivity contribution in [1.82, 2.24) is 0 Å². The molecule has 0 fully saturated rings. The van der Waals surface area contributed by atoms with Crippen molar-refractivity contribution >= 4 is 69.7 Å². The summed E-state index contributed by atoms with van der Waals surface area (Å²) in [5, 5.41) is 0. The van der Waals surface area contributed by atoms with Crippen molar-refractivity contribution in [3.63, 3.8) is 0 Å². The molecule has 0 aliphatic carbocycles. The zero-order valence-electron chi connectivity index (χ0n) is 22.3. The zero-order chi connectivity index (χ0) is 27.4. The molecule has 0 aromatic heterocycles. The molecule has 2 nitrogen and oxygen atoms in total. The second-order valence-corrected chi connectivity index (χ2v) is 13.3. The van der Waals surface area contributed by atoms with Crippen molar-refractivity contribution in [2.45, 2.75) is 19.6 Å². The lowest BCUT2D eigenvalue weighted by molar-refractivity contribution is 0.465. The van der Waals surface area contributed by atoms with Gasteiger partial charge >= 0.3 is 0 Å². The summed E-state index contributed by atoms with van der Waals surface area (Å²) in [5.41, 5.74) is 10.0. The van der Waals surface area contributed by atoms with Crippen LogP contribution in [0.2, 0.25) is 0 Å². The van der Waals surface area contributed by atoms with Gasteiger partial charge in [-0.25, -0.2) is 0 Å². The Morgan fingerprint density at radius 3 is 1.71 bits per heavy atom. The molecular formula is C36H20B2O2S2. The van der Waals surface area contributed by atoms with E-state index in [1.165, 1.54) is 52.5 Å². The van der Waals surface area contributed by atoms with E-state index in [1.807, 2.05) is 29.6 Å². The van der Waals surface area contributed by atoms with Crippen LogP contribution in [-0.4, -0.2) is 13.4 Å². The van der Waals surface area contributed by atoms with Crippen molar-refractivity contribution in [1.29, 1.82) is 0 Å². The largest absolute Gasteiger partial charge is 0.458 e. The standard InChI is InChI=1S/C36H20B2O2S2/c1-5-13-27-23(9-1)37-24-10-2-6-14-28(24)40-35-21(17-19-29(39-27)33(35)37)22-18-20-32-34-36(22)42-31-16-8-4-12-26(31)38(34)25-11-3-7-15-30(25)41-32/h1-20H. The van der Waals surface area contributed by atoms with Crippen molar-refractivity contribution in [3.05, 3.63) is 121 Å². The quantitative estimate of drug-likeness (QED) is 0.242. The number of hydrogen-bond donors (Lipinski definition) is 0. The van der Waals surface area contributed by atoms with Crippen LogP contribution in [0.5, 0.6) is 23.0 Å². The average Bonchev–Trinajstić information content (AvgIpc) is 3.05. The summed E-state index contributed by atoms with van der Waals surface area (Å²) in [6.07, 6.45) is 0. The van der Waals surface area contributed by atoms with E-state index in [9.17, 15) is 0 Å². The van der Waals surface area contributed by atoms with E-state index in [-0.39, 0.29) is 13.4 Å². The predicted octanol–water partition coefficient (Wildman–Crippen LogP) is 5.53. The van der Waals surface area contributed by atoms with Gasteiger partial charge in [0.05, 0.1) is 0 Å². The number of para-hydroxylation sites is 2. The third-order valence-electron chi connectivity index (χ3n) is 8.96. The smallest absolute Gasteiger partial charge is 0.260 e. The molecule has 6 heteroatoms. The Bertz CT molecular complexity index is 1970. The Morgan fingerprint density at radius 2 is 0.976 bits per heavy atom. The second-order valence-electron chi connectivity index (χ2n) is 11.1. The van der Waals surface area contributed by atoms with Crippen LogP contribution in [0.15, 0.2) is 141 Å². The fraction of sp³-hybridized carbons (Fsp3) is 0. The summed E-state index contributed by atoms with van der Waals surface area (Å²) in [6, 6.07) is 43.6. The van der Waals surface area contributed by atoms with Crippen LogP contribution in [0.4, 0.5) is 0 Å². The van der Waals surface area contributed by atoms with Gasteiger partial charge in [-0.15, -0.1) is 0 Å². The summed E-state index contributed by atoms with van der Waals surface area (Å²) in [6.45, 7) is 0.269. The summed E-state index contributed by atoms with van der Waals surface area (Å²) < 4.78 is 13.3. The van der Waals surface area contributed by atoms with E-state index in [0.717, 1.165) is 34.0 Å². The van der Waals surface area contributed by atoms with Gasteiger partial charge in [0, 0.05) is 30.6 Å². The lowest BCUT2D eigenvalue weighted by Crippen LogP contribution is -2.58. The maximum absolute atomic E-state index is 6.84. The number of hydrogen-bond acceptors (Lipinski definition) is 4. The van der Waals surface area contributed by atoms with Gasteiger partial charge < -0.3 is 9.47 Å². The highest BCUT2D eigenvalue weighted by Crippen LogP contribution is 2.47. The van der Waals surface area contributed by atoms with E-state index in [4.69, 9.17) is 9.47 Å². The molecule has 0 saturated carbocycles. The highest BCUT2D eigenvalue weighted by molar-refractivity contribution is 8.01. The molecule has 0 radical (unpaired) electrons. The highest BCUT2D eigenvalue weighted by atomic mass is 32.2. The molecule has 0 N–H and O–H groups in total. The van der Waals surface area contributed by atoms with Gasteiger partial charge in [-0.05, 0) is 64.4 Å². The first kappa shape index (κ1) is 23.3. The third kappa shape index (κ3) is 3.11. The van der Waals surface area contributed by atoms with Crippen LogP contribution in [-0.2, 0) is 0 Å². The molecule has 4 aliphatic heterocycles. The second kappa shape index (κ2) is 8.64. The van der Waals surface area contributed by atoms with E-state index in [0.29, 0.717) is 0 Å². The lowest BCUT2D eigenvalue weighted by atomic mass is 9.34. The minimum absolute atomic E-state index is 0.0578. The monoisotopic (exact) mass is 570 g/mol. The molecule has 0 amide bonds. The summed E-state index contributed by atoms with van der Waals surface area (Å²) in [7, 11) is 0. The van der Waals surface area contributed by atoms with Crippen molar-refractivity contribution in [2.75, 3.05) is 0 Å². The molecule has 42 heavy (non-hydrogen) atoms. The zero-order valence-corrected chi connectivity index (χ0v) is 24.0. The van der Waals surface area contributed by atoms with Crippen LogP contribution in [0, 0.1) is 0 Å². The van der Waals surface area contributed by atoms with Crippen LogP contribution in [0.1, 0.15) is 0 Å². The van der Waals surface area contributed by atoms with Crippen LogP contribution in [0.3, 0.4) is 0 Å². The highest BCUT2D eigenvalue weighted by Gasteiger charge is 2.43. The Kier molecular flexibility index (Phi) is 4.80. The molecule has 6 aromatic carbocycles. The summed E-state index contributed by atoms with van der Waals surface area (Å²) >= 11 is 3.79. The van der Waals surface area contributed by atoms with Gasteiger partial charge in [0.1, 0.15) is 23.0 Å². The number of rotatable bonds is 1. The number of benzene rings is 6. The SMILES string of the molecule is c1ccc2c(c1)Oc1ccc(-c3ccc4c5c3Sc3ccccc3B5c3ccccc3S4)c3c1B2c1ccccc1O3. The lowest BCUT2D eigenvalue weighted by Gasteiger charge is -2.36. The molecule has 6 aromatic rings. The van der Waals surface area contributed by atoms with Gasteiger partial charge in [-0.3, -0.25) is 0 Å². The topological polar surface area (TPSA) is 18.5 Å². The maximum atomic E-state index is 6.84. The number of fused-ring (bicyclic) bond motifs is 8. The fourth-order valence-corrected chi connectivity index (χ4v) is 9.71. The Labute approximate surface area is 253 Å².